The number of hydrogen-bond donors (Lipinski definition) is 0. The van der Waals surface area contributed by atoms with Crippen LogP contribution in [0.1, 0.15) is 15.9 Å². The van der Waals surface area contributed by atoms with Crippen LogP contribution in [0.4, 0.5) is 8.78 Å². The first kappa shape index (κ1) is 15.4. The maximum atomic E-state index is 13.8. The van der Waals surface area contributed by atoms with Gasteiger partial charge in [-0.05, 0) is 40.2 Å². The predicted octanol–water partition coefficient (Wildman–Crippen LogP) is 5.46. The van der Waals surface area contributed by atoms with Gasteiger partial charge in [0.05, 0.1) is 14.5 Å². The van der Waals surface area contributed by atoms with Crippen LogP contribution in [0.25, 0.3) is 0 Å². The molecule has 104 valence electrons. The third kappa shape index (κ3) is 3.03. The number of carbonyl (C=O) groups excluding carboxylic acids is 1. The maximum absolute atomic E-state index is 13.8. The average molecular weight is 380 g/mol. The van der Waals surface area contributed by atoms with Gasteiger partial charge in [0.1, 0.15) is 11.6 Å². The van der Waals surface area contributed by atoms with E-state index in [-0.39, 0.29) is 25.6 Å². The Morgan fingerprint density at radius 1 is 1.15 bits per heavy atom. The lowest BCUT2D eigenvalue weighted by atomic mass is 10.0. The average Bonchev–Trinajstić information content (AvgIpc) is 2.42. The van der Waals surface area contributed by atoms with Crippen LogP contribution in [0.3, 0.4) is 0 Å². The van der Waals surface area contributed by atoms with E-state index in [0.29, 0.717) is 0 Å². The van der Waals surface area contributed by atoms with Gasteiger partial charge in [0.15, 0.2) is 5.78 Å². The summed E-state index contributed by atoms with van der Waals surface area (Å²) in [6.45, 7) is 0. The van der Waals surface area contributed by atoms with E-state index < -0.39 is 23.8 Å². The van der Waals surface area contributed by atoms with E-state index in [0.717, 1.165) is 6.07 Å². The largest absolute Gasteiger partial charge is 0.294 e. The Morgan fingerprint density at radius 2 is 1.85 bits per heavy atom. The quantitative estimate of drug-likeness (QED) is 0.511. The molecule has 0 unspecified atom stereocenters. The monoisotopic (exact) mass is 378 g/mol. The molecule has 0 heterocycles. The smallest absolute Gasteiger partial charge is 0.169 e. The molecule has 2 aromatic carbocycles. The molecule has 0 saturated heterocycles. The van der Waals surface area contributed by atoms with E-state index in [4.69, 9.17) is 23.2 Å². The molecule has 0 bridgehead atoms. The summed E-state index contributed by atoms with van der Waals surface area (Å²) in [5.74, 6) is -2.08. The number of halogens is 5. The topological polar surface area (TPSA) is 17.1 Å². The number of hydrogen-bond acceptors (Lipinski definition) is 1. The Balaban J connectivity index is 2.38. The minimum atomic E-state index is -0.795. The van der Waals surface area contributed by atoms with Crippen molar-refractivity contribution in [3.63, 3.8) is 0 Å². The molecule has 0 radical (unpaired) electrons. The van der Waals surface area contributed by atoms with Gasteiger partial charge in [-0.25, -0.2) is 8.78 Å². The fourth-order valence-corrected chi connectivity index (χ4v) is 2.48. The molecule has 0 saturated carbocycles. The standard InChI is InChI=1S/C14H7BrCl2F2O/c15-9-4-5-11(18)8(14(9)19)6-12(20)7-2-1-3-10(16)13(7)17/h1-5H,6H2. The Bertz CT molecular complexity index is 689. The summed E-state index contributed by atoms with van der Waals surface area (Å²) < 4.78 is 27.5. The van der Waals surface area contributed by atoms with Crippen molar-refractivity contribution in [1.82, 2.24) is 0 Å². The van der Waals surface area contributed by atoms with Crippen LogP contribution in [-0.2, 0) is 6.42 Å². The number of carbonyl (C=O) groups is 1. The molecule has 0 amide bonds. The van der Waals surface area contributed by atoms with Crippen LogP contribution in [0.2, 0.25) is 10.0 Å². The molecule has 2 rings (SSSR count). The predicted molar refractivity (Wildman–Crippen MR) is 78.6 cm³/mol. The molecular weight excluding hydrogens is 373 g/mol. The lowest BCUT2D eigenvalue weighted by molar-refractivity contribution is 0.0990. The second kappa shape index (κ2) is 6.20. The summed E-state index contributed by atoms with van der Waals surface area (Å²) in [5.41, 5.74) is -0.168. The van der Waals surface area contributed by atoms with Gasteiger partial charge in [-0.3, -0.25) is 4.79 Å². The van der Waals surface area contributed by atoms with Crippen molar-refractivity contribution in [3.05, 3.63) is 67.6 Å². The highest BCUT2D eigenvalue weighted by Crippen LogP contribution is 2.28. The SMILES string of the molecule is O=C(Cc1c(F)ccc(Br)c1F)c1cccc(Cl)c1Cl. The van der Waals surface area contributed by atoms with Crippen LogP contribution in [0.15, 0.2) is 34.8 Å². The summed E-state index contributed by atoms with van der Waals surface area (Å²) >= 11 is 14.7. The molecule has 20 heavy (non-hydrogen) atoms. The third-order valence-electron chi connectivity index (χ3n) is 2.73. The molecule has 0 aliphatic rings. The number of rotatable bonds is 3. The van der Waals surface area contributed by atoms with Crippen molar-refractivity contribution in [1.29, 1.82) is 0 Å². The first-order valence-corrected chi connectivity index (χ1v) is 7.06. The summed E-state index contributed by atoms with van der Waals surface area (Å²) in [5, 5.41) is 0.294. The Morgan fingerprint density at radius 3 is 2.55 bits per heavy atom. The molecule has 0 spiro atoms. The van der Waals surface area contributed by atoms with Crippen molar-refractivity contribution in [3.8, 4) is 0 Å². The van der Waals surface area contributed by atoms with Crippen LogP contribution in [0, 0.1) is 11.6 Å². The minimum absolute atomic E-state index is 0.0787. The van der Waals surface area contributed by atoms with E-state index in [1.54, 1.807) is 6.07 Å². The van der Waals surface area contributed by atoms with Crippen LogP contribution < -0.4 is 0 Å². The molecule has 0 aliphatic carbocycles. The zero-order chi connectivity index (χ0) is 14.9. The summed E-state index contributed by atoms with van der Waals surface area (Å²) in [6, 6.07) is 6.88. The molecule has 1 nitrogen and oxygen atoms in total. The van der Waals surface area contributed by atoms with Crippen LogP contribution >= 0.6 is 39.1 Å². The van der Waals surface area contributed by atoms with E-state index >= 15 is 0 Å². The third-order valence-corrected chi connectivity index (χ3v) is 4.16. The minimum Gasteiger partial charge on any atom is -0.294 e. The number of Topliss-reactive ketones (excluding diaryl/α,β-unsaturated/α-hetero) is 1. The zero-order valence-corrected chi connectivity index (χ0v) is 13.0. The highest BCUT2D eigenvalue weighted by Gasteiger charge is 2.19. The lowest BCUT2D eigenvalue weighted by Gasteiger charge is -2.08. The fraction of sp³-hybridized carbons (Fsp3) is 0.0714. The highest BCUT2D eigenvalue weighted by molar-refractivity contribution is 9.10. The molecule has 2 aromatic rings. The Labute approximate surface area is 132 Å². The van der Waals surface area contributed by atoms with Gasteiger partial charge in [0.25, 0.3) is 0 Å². The van der Waals surface area contributed by atoms with Gasteiger partial charge < -0.3 is 0 Å². The second-order valence-electron chi connectivity index (χ2n) is 4.02. The van der Waals surface area contributed by atoms with Gasteiger partial charge in [0.2, 0.25) is 0 Å². The van der Waals surface area contributed by atoms with Crippen LogP contribution in [-0.4, -0.2) is 5.78 Å². The van der Waals surface area contributed by atoms with Gasteiger partial charge in [-0.2, -0.15) is 0 Å². The van der Waals surface area contributed by atoms with Gasteiger partial charge in [-0.1, -0.05) is 29.3 Å². The Kier molecular flexibility index (Phi) is 4.78. The van der Waals surface area contributed by atoms with Crippen LogP contribution in [0.5, 0.6) is 0 Å². The molecular formula is C14H7BrCl2F2O. The van der Waals surface area contributed by atoms with E-state index in [1.807, 2.05) is 0 Å². The van der Waals surface area contributed by atoms with Gasteiger partial charge >= 0.3 is 0 Å². The molecule has 0 N–H and O–H groups in total. The number of benzene rings is 2. The molecule has 0 aliphatic heterocycles. The van der Waals surface area contributed by atoms with Crippen molar-refractivity contribution in [2.24, 2.45) is 0 Å². The van der Waals surface area contributed by atoms with Gasteiger partial charge in [-0.15, -0.1) is 0 Å². The molecule has 6 heteroatoms. The van der Waals surface area contributed by atoms with Crippen molar-refractivity contribution >= 4 is 44.9 Å². The molecule has 0 atom stereocenters. The first-order chi connectivity index (χ1) is 9.41. The highest BCUT2D eigenvalue weighted by atomic mass is 79.9. The second-order valence-corrected chi connectivity index (χ2v) is 5.66. The van der Waals surface area contributed by atoms with E-state index in [1.165, 1.54) is 18.2 Å². The lowest BCUT2D eigenvalue weighted by Crippen LogP contribution is -2.08. The number of ketones is 1. The molecule has 0 fully saturated rings. The zero-order valence-electron chi connectivity index (χ0n) is 9.89. The van der Waals surface area contributed by atoms with Crippen molar-refractivity contribution in [2.75, 3.05) is 0 Å². The first-order valence-electron chi connectivity index (χ1n) is 5.51. The summed E-state index contributed by atoms with van der Waals surface area (Å²) in [7, 11) is 0. The van der Waals surface area contributed by atoms with Crippen molar-refractivity contribution < 1.29 is 13.6 Å². The van der Waals surface area contributed by atoms with E-state index in [2.05, 4.69) is 15.9 Å². The Hall–Kier alpha value is -0.970. The molecule has 0 aromatic heterocycles. The van der Waals surface area contributed by atoms with E-state index in [9.17, 15) is 13.6 Å². The summed E-state index contributed by atoms with van der Waals surface area (Å²) in [6.07, 6.45) is -0.433. The maximum Gasteiger partial charge on any atom is 0.169 e. The fourth-order valence-electron chi connectivity index (χ4n) is 1.71. The van der Waals surface area contributed by atoms with Crippen molar-refractivity contribution in [2.45, 2.75) is 6.42 Å². The van der Waals surface area contributed by atoms with Gasteiger partial charge in [0, 0.05) is 17.5 Å². The normalized spacial score (nSPS) is 10.7. The summed E-state index contributed by atoms with van der Waals surface area (Å²) in [4.78, 5) is 12.1.